The number of β-amino-alcohol motifs (C(OH)–C–C–N with tert-alkyl or cyclic N) is 1. The summed E-state index contributed by atoms with van der Waals surface area (Å²) < 4.78 is 0. The Morgan fingerprint density at radius 1 is 1.73 bits per heavy atom. The number of amides is 1. The Morgan fingerprint density at radius 2 is 2.47 bits per heavy atom. The summed E-state index contributed by atoms with van der Waals surface area (Å²) in [6, 6.07) is 2.01. The Hall–Kier alpha value is -1.12. The van der Waals surface area contributed by atoms with Crippen LogP contribution in [-0.2, 0) is 4.79 Å². The van der Waals surface area contributed by atoms with Crippen molar-refractivity contribution in [3.63, 3.8) is 0 Å². The molecular weight excluding hydrogens is 194 g/mol. The third-order valence-electron chi connectivity index (χ3n) is 2.59. The molecule has 1 atom stereocenters. The fraction of sp³-hybridized carbons (Fsp3) is 0.800. The molecule has 1 heterocycles. The smallest absolute Gasteiger partial charge is 0.236 e. The molecule has 0 aromatic carbocycles. The number of likely N-dealkylation sites (tertiary alicyclic amines) is 1. The van der Waals surface area contributed by atoms with Crippen LogP contribution in [0.2, 0.25) is 0 Å². The van der Waals surface area contributed by atoms with E-state index in [0.29, 0.717) is 26.1 Å². The molecule has 5 heteroatoms. The molecular formula is C10H17N3O2. The van der Waals surface area contributed by atoms with E-state index in [9.17, 15) is 9.90 Å². The number of aliphatic hydroxyl groups is 1. The number of likely N-dealkylation sites (N-methyl/N-ethyl adjacent to an activating group) is 1. The zero-order chi connectivity index (χ0) is 11.3. The molecule has 0 bridgehead atoms. The number of carbonyl (C=O) groups excluding carboxylic acids is 1. The zero-order valence-electron chi connectivity index (χ0n) is 9.02. The van der Waals surface area contributed by atoms with Crippen molar-refractivity contribution >= 4 is 5.91 Å². The molecule has 1 N–H and O–H groups in total. The fourth-order valence-electron chi connectivity index (χ4n) is 1.61. The maximum Gasteiger partial charge on any atom is 0.236 e. The maximum atomic E-state index is 11.6. The van der Waals surface area contributed by atoms with E-state index in [1.165, 1.54) is 0 Å². The fourth-order valence-corrected chi connectivity index (χ4v) is 1.61. The Labute approximate surface area is 89.9 Å². The van der Waals surface area contributed by atoms with Crippen molar-refractivity contribution < 1.29 is 9.90 Å². The van der Waals surface area contributed by atoms with Crippen LogP contribution in [-0.4, -0.2) is 60.1 Å². The number of carbonyl (C=O) groups is 1. The number of rotatable bonds is 4. The van der Waals surface area contributed by atoms with Crippen molar-refractivity contribution in [2.45, 2.75) is 18.9 Å². The summed E-state index contributed by atoms with van der Waals surface area (Å²) in [6.07, 6.45) is 0.822. The molecule has 1 rings (SSSR count). The van der Waals surface area contributed by atoms with Crippen LogP contribution in [0.5, 0.6) is 0 Å². The van der Waals surface area contributed by atoms with Gasteiger partial charge in [0.2, 0.25) is 5.91 Å². The second kappa shape index (κ2) is 5.69. The quantitative estimate of drug-likeness (QED) is 0.676. The lowest BCUT2D eigenvalue weighted by molar-refractivity contribution is -0.130. The van der Waals surface area contributed by atoms with Gasteiger partial charge in [-0.05, 0) is 6.42 Å². The van der Waals surface area contributed by atoms with E-state index in [1.54, 1.807) is 11.9 Å². The van der Waals surface area contributed by atoms with Gasteiger partial charge >= 0.3 is 0 Å². The van der Waals surface area contributed by atoms with Gasteiger partial charge in [0.1, 0.15) is 0 Å². The van der Waals surface area contributed by atoms with Gasteiger partial charge in [0.15, 0.2) is 0 Å². The monoisotopic (exact) mass is 211 g/mol. The zero-order valence-corrected chi connectivity index (χ0v) is 9.02. The standard InChI is InChI=1S/C10H17N3O2/c1-12(5-2-4-11)10(15)8-13-6-3-9(14)7-13/h9,14H,2-3,5-8H2,1H3. The first kappa shape index (κ1) is 12.0. The van der Waals surface area contributed by atoms with Crippen LogP contribution < -0.4 is 0 Å². The molecule has 0 saturated carbocycles. The normalized spacial score (nSPS) is 21.3. The Balaban J connectivity index is 2.26. The Kier molecular flexibility index (Phi) is 4.53. The van der Waals surface area contributed by atoms with E-state index in [1.807, 2.05) is 11.0 Å². The number of aliphatic hydroxyl groups excluding tert-OH is 1. The molecule has 0 radical (unpaired) electrons. The first-order valence-corrected chi connectivity index (χ1v) is 5.15. The highest BCUT2D eigenvalue weighted by atomic mass is 16.3. The molecule has 1 unspecified atom stereocenters. The molecule has 5 nitrogen and oxygen atoms in total. The topological polar surface area (TPSA) is 67.6 Å². The van der Waals surface area contributed by atoms with E-state index in [0.717, 1.165) is 13.0 Å². The van der Waals surface area contributed by atoms with Gasteiger partial charge in [0.05, 0.1) is 25.1 Å². The summed E-state index contributed by atoms with van der Waals surface area (Å²) in [4.78, 5) is 15.1. The predicted octanol–water partition coefficient (Wildman–Crippen LogP) is -0.575. The molecule has 1 aliphatic heterocycles. The lowest BCUT2D eigenvalue weighted by Gasteiger charge is -2.20. The van der Waals surface area contributed by atoms with E-state index < -0.39 is 0 Å². The van der Waals surface area contributed by atoms with Crippen LogP contribution in [0.1, 0.15) is 12.8 Å². The van der Waals surface area contributed by atoms with Crippen molar-refractivity contribution in [1.82, 2.24) is 9.80 Å². The third-order valence-corrected chi connectivity index (χ3v) is 2.59. The van der Waals surface area contributed by atoms with Crippen molar-refractivity contribution in [2.75, 3.05) is 33.2 Å². The minimum atomic E-state index is -0.290. The molecule has 1 aliphatic rings. The molecule has 84 valence electrons. The molecule has 15 heavy (non-hydrogen) atoms. The van der Waals surface area contributed by atoms with Gasteiger partial charge in [-0.3, -0.25) is 9.69 Å². The van der Waals surface area contributed by atoms with E-state index in [4.69, 9.17) is 5.26 Å². The van der Waals surface area contributed by atoms with E-state index in [2.05, 4.69) is 0 Å². The highest BCUT2D eigenvalue weighted by Crippen LogP contribution is 2.08. The van der Waals surface area contributed by atoms with Crippen molar-refractivity contribution in [2.24, 2.45) is 0 Å². The average Bonchev–Trinajstić information content (AvgIpc) is 2.60. The van der Waals surface area contributed by atoms with Gasteiger partial charge in [0, 0.05) is 26.7 Å². The lowest BCUT2D eigenvalue weighted by Crippen LogP contribution is -2.38. The molecule has 1 amide bonds. The first-order chi connectivity index (χ1) is 7.13. The second-order valence-corrected chi connectivity index (χ2v) is 3.90. The molecule has 1 saturated heterocycles. The van der Waals surface area contributed by atoms with Crippen molar-refractivity contribution in [3.05, 3.63) is 0 Å². The predicted molar refractivity (Wildman–Crippen MR) is 54.9 cm³/mol. The van der Waals surface area contributed by atoms with Crippen LogP contribution in [0.3, 0.4) is 0 Å². The van der Waals surface area contributed by atoms with Crippen molar-refractivity contribution in [1.29, 1.82) is 5.26 Å². The minimum Gasteiger partial charge on any atom is -0.392 e. The van der Waals surface area contributed by atoms with Gasteiger partial charge in [-0.25, -0.2) is 0 Å². The SMILES string of the molecule is CN(CCC#N)C(=O)CN1CCC(O)C1. The highest BCUT2D eigenvalue weighted by Gasteiger charge is 2.22. The van der Waals surface area contributed by atoms with Crippen LogP contribution in [0.15, 0.2) is 0 Å². The summed E-state index contributed by atoms with van der Waals surface area (Å²) >= 11 is 0. The van der Waals surface area contributed by atoms with Gasteiger partial charge in [-0.1, -0.05) is 0 Å². The van der Waals surface area contributed by atoms with Crippen LogP contribution >= 0.6 is 0 Å². The van der Waals surface area contributed by atoms with Crippen LogP contribution in [0.25, 0.3) is 0 Å². The van der Waals surface area contributed by atoms with Crippen LogP contribution in [0, 0.1) is 11.3 Å². The number of nitriles is 1. The Morgan fingerprint density at radius 3 is 3.00 bits per heavy atom. The Bertz CT molecular complexity index is 262. The van der Waals surface area contributed by atoms with Gasteiger partial charge in [-0.2, -0.15) is 5.26 Å². The van der Waals surface area contributed by atoms with Gasteiger partial charge in [-0.15, -0.1) is 0 Å². The average molecular weight is 211 g/mol. The van der Waals surface area contributed by atoms with Crippen molar-refractivity contribution in [3.8, 4) is 6.07 Å². The van der Waals surface area contributed by atoms with Gasteiger partial charge in [0.25, 0.3) is 0 Å². The summed E-state index contributed by atoms with van der Waals surface area (Å²) in [7, 11) is 1.70. The second-order valence-electron chi connectivity index (χ2n) is 3.90. The summed E-state index contributed by atoms with van der Waals surface area (Å²) in [5.74, 6) is 0.0133. The molecule has 1 fully saturated rings. The summed E-state index contributed by atoms with van der Waals surface area (Å²) in [5.41, 5.74) is 0. The van der Waals surface area contributed by atoms with Crippen LogP contribution in [0.4, 0.5) is 0 Å². The largest absolute Gasteiger partial charge is 0.392 e. The number of hydrogen-bond donors (Lipinski definition) is 1. The summed E-state index contributed by atoms with van der Waals surface area (Å²) in [5, 5.41) is 17.7. The number of nitrogens with zero attached hydrogens (tertiary/aromatic N) is 3. The first-order valence-electron chi connectivity index (χ1n) is 5.15. The number of hydrogen-bond acceptors (Lipinski definition) is 4. The van der Waals surface area contributed by atoms with E-state index >= 15 is 0 Å². The minimum absolute atomic E-state index is 0.0133. The van der Waals surface area contributed by atoms with E-state index in [-0.39, 0.29) is 12.0 Å². The molecule has 0 aliphatic carbocycles. The molecule has 0 spiro atoms. The van der Waals surface area contributed by atoms with Gasteiger partial charge < -0.3 is 10.0 Å². The summed E-state index contributed by atoms with van der Waals surface area (Å²) in [6.45, 7) is 2.18. The maximum absolute atomic E-state index is 11.6. The third kappa shape index (κ3) is 3.86. The molecule has 0 aromatic rings. The lowest BCUT2D eigenvalue weighted by atomic mass is 10.3. The highest BCUT2D eigenvalue weighted by molar-refractivity contribution is 5.78. The molecule has 0 aromatic heterocycles.